The maximum absolute atomic E-state index is 13.4. The first-order valence-corrected chi connectivity index (χ1v) is 22.0. The summed E-state index contributed by atoms with van der Waals surface area (Å²) in [5.41, 5.74) is 3.42. The van der Waals surface area contributed by atoms with Crippen LogP contribution < -0.4 is 40.8 Å². The number of rotatable bonds is 12. The number of imide groups is 1. The number of methoxy groups -OCH3 is 1. The molecule has 334 valence electrons. The van der Waals surface area contributed by atoms with E-state index in [1.54, 1.807) is 34.9 Å². The molecule has 0 spiro atoms. The quantitative estimate of drug-likeness (QED) is 0.170. The van der Waals surface area contributed by atoms with Crippen molar-refractivity contribution in [3.05, 3.63) is 69.1 Å². The molecule has 0 radical (unpaired) electrons. The topological polar surface area (TPSA) is 184 Å². The lowest BCUT2D eigenvalue weighted by Crippen LogP contribution is -2.59. The lowest BCUT2D eigenvalue weighted by Gasteiger charge is -2.50. The molecule has 3 N–H and O–H groups in total. The van der Waals surface area contributed by atoms with Crippen LogP contribution in [0.3, 0.4) is 0 Å². The first kappa shape index (κ1) is 43.7. The number of aromatic nitrogens is 3. The summed E-state index contributed by atoms with van der Waals surface area (Å²) >= 11 is 6.64. The van der Waals surface area contributed by atoms with Gasteiger partial charge in [-0.15, -0.1) is 0 Å². The van der Waals surface area contributed by atoms with E-state index in [0.717, 1.165) is 74.3 Å². The van der Waals surface area contributed by atoms with Crippen LogP contribution in [0.5, 0.6) is 11.5 Å². The predicted molar refractivity (Wildman–Crippen MR) is 240 cm³/mol. The van der Waals surface area contributed by atoms with Crippen LogP contribution in [0.15, 0.2) is 47.4 Å². The maximum atomic E-state index is 13.4. The van der Waals surface area contributed by atoms with Crippen LogP contribution in [0.2, 0.25) is 5.02 Å². The average Bonchev–Trinajstić information content (AvgIpc) is 3.59. The number of halogens is 1. The van der Waals surface area contributed by atoms with Crippen molar-refractivity contribution in [2.75, 3.05) is 75.1 Å². The number of ether oxygens (including phenoxy) is 2. The third kappa shape index (κ3) is 8.60. The molecule has 4 aliphatic rings. The van der Waals surface area contributed by atoms with E-state index in [0.29, 0.717) is 52.7 Å². The molecule has 3 saturated heterocycles. The van der Waals surface area contributed by atoms with Gasteiger partial charge >= 0.3 is 0 Å². The number of amides is 4. The highest BCUT2D eigenvalue weighted by atomic mass is 35.5. The van der Waals surface area contributed by atoms with Crippen LogP contribution in [-0.2, 0) is 20.9 Å². The normalized spacial score (nSPS) is 18.8. The molecular weight excluding hydrogens is 828 g/mol. The highest BCUT2D eigenvalue weighted by Gasteiger charge is 2.42. The summed E-state index contributed by atoms with van der Waals surface area (Å²) in [5, 5.41) is 9.35. The van der Waals surface area contributed by atoms with Gasteiger partial charge in [0.05, 0.1) is 24.5 Å². The molecule has 4 aromatic rings. The van der Waals surface area contributed by atoms with Gasteiger partial charge < -0.3 is 39.4 Å². The number of hydrogen-bond acceptors (Lipinski definition) is 13. The molecule has 4 aliphatic heterocycles. The minimum Gasteiger partial charge on any atom is -0.495 e. The minimum absolute atomic E-state index is 0.0629. The SMILES string of the molecule is CNC(=O)COc1cc2cc(Nc3nc(N4CCN(C(C)(C)C5CCN(c6cc7c(cc6OC)C(=O)N(C6CCC(=O)NC6=O)C7)CC5)CC4)ncc3Cl)ccc2n(C(C)C)c1=O. The van der Waals surface area contributed by atoms with E-state index in [4.69, 9.17) is 26.1 Å². The smallest absolute Gasteiger partial charge is 0.293 e. The van der Waals surface area contributed by atoms with Gasteiger partial charge in [-0.05, 0) is 94.8 Å². The number of piperazine rings is 1. The summed E-state index contributed by atoms with van der Waals surface area (Å²) in [6.07, 6.45) is 4.12. The van der Waals surface area contributed by atoms with Crippen LogP contribution in [0.1, 0.15) is 75.3 Å². The van der Waals surface area contributed by atoms with E-state index in [1.165, 1.54) is 7.05 Å². The molecule has 3 fully saturated rings. The van der Waals surface area contributed by atoms with Gasteiger partial charge in [-0.2, -0.15) is 4.98 Å². The van der Waals surface area contributed by atoms with Crippen LogP contribution in [-0.4, -0.2) is 120 Å². The monoisotopic (exact) mass is 882 g/mol. The van der Waals surface area contributed by atoms with Crippen LogP contribution in [0, 0.1) is 5.92 Å². The number of likely N-dealkylation sites (N-methyl/N-ethyl adjacent to an activating group) is 1. The van der Waals surface area contributed by atoms with E-state index >= 15 is 0 Å². The second-order valence-corrected chi connectivity index (χ2v) is 17.9. The Labute approximate surface area is 371 Å². The molecule has 17 nitrogen and oxygen atoms in total. The summed E-state index contributed by atoms with van der Waals surface area (Å²) in [5.74, 6) is 0.938. The fourth-order valence-corrected chi connectivity index (χ4v) is 9.66. The number of anilines is 4. The van der Waals surface area contributed by atoms with Crippen LogP contribution >= 0.6 is 11.6 Å². The minimum atomic E-state index is -0.665. The van der Waals surface area contributed by atoms with E-state index in [1.807, 2.05) is 38.1 Å². The molecule has 2 aromatic carbocycles. The zero-order chi connectivity index (χ0) is 44.7. The number of hydrogen-bond donors (Lipinski definition) is 3. The molecule has 2 aromatic heterocycles. The van der Waals surface area contributed by atoms with Gasteiger partial charge in [-0.3, -0.25) is 34.2 Å². The maximum Gasteiger partial charge on any atom is 0.293 e. The van der Waals surface area contributed by atoms with E-state index in [-0.39, 0.29) is 53.6 Å². The third-order valence-electron chi connectivity index (χ3n) is 13.2. The van der Waals surface area contributed by atoms with Gasteiger partial charge in [0.15, 0.2) is 18.2 Å². The highest BCUT2D eigenvalue weighted by Crippen LogP contribution is 2.41. The Kier molecular flexibility index (Phi) is 12.3. The zero-order valence-corrected chi connectivity index (χ0v) is 37.4. The lowest BCUT2D eigenvalue weighted by atomic mass is 9.78. The Morgan fingerprint density at radius 2 is 1.71 bits per heavy atom. The summed E-state index contributed by atoms with van der Waals surface area (Å²) in [6.45, 7) is 13.4. The Hall–Kier alpha value is -5.94. The number of fused-ring (bicyclic) bond motifs is 2. The fraction of sp³-hybridized carbons (Fsp3) is 0.489. The second kappa shape index (κ2) is 17.7. The Morgan fingerprint density at radius 3 is 2.40 bits per heavy atom. The molecule has 0 bridgehead atoms. The van der Waals surface area contributed by atoms with Crippen molar-refractivity contribution in [3.63, 3.8) is 0 Å². The number of nitrogens with zero attached hydrogens (tertiary/aromatic N) is 7. The largest absolute Gasteiger partial charge is 0.495 e. The number of piperidine rings is 2. The number of carbonyl (C=O) groups is 4. The van der Waals surface area contributed by atoms with Crippen LogP contribution in [0.25, 0.3) is 10.9 Å². The molecule has 1 unspecified atom stereocenters. The van der Waals surface area contributed by atoms with Gasteiger partial charge in [-0.25, -0.2) is 4.98 Å². The molecule has 6 heterocycles. The zero-order valence-electron chi connectivity index (χ0n) is 36.6. The third-order valence-corrected chi connectivity index (χ3v) is 13.5. The molecule has 0 aliphatic carbocycles. The highest BCUT2D eigenvalue weighted by molar-refractivity contribution is 6.33. The van der Waals surface area contributed by atoms with E-state index in [2.05, 4.69) is 49.5 Å². The lowest BCUT2D eigenvalue weighted by molar-refractivity contribution is -0.137. The molecule has 63 heavy (non-hydrogen) atoms. The second-order valence-electron chi connectivity index (χ2n) is 17.5. The van der Waals surface area contributed by atoms with Crippen molar-refractivity contribution in [3.8, 4) is 11.5 Å². The number of pyridine rings is 1. The van der Waals surface area contributed by atoms with Crippen molar-refractivity contribution < 1.29 is 28.7 Å². The van der Waals surface area contributed by atoms with Gasteiger partial charge in [0.1, 0.15) is 16.8 Å². The first-order chi connectivity index (χ1) is 30.2. The molecule has 8 rings (SSSR count). The predicted octanol–water partition coefficient (Wildman–Crippen LogP) is 4.48. The van der Waals surface area contributed by atoms with Gasteiger partial charge in [0.25, 0.3) is 17.4 Å². The fourth-order valence-electron chi connectivity index (χ4n) is 9.53. The number of carbonyl (C=O) groups excluding carboxylic acids is 4. The number of benzene rings is 2. The van der Waals surface area contributed by atoms with Crippen molar-refractivity contribution in [1.82, 2.24) is 35.0 Å². The molecule has 1 atom stereocenters. The van der Waals surface area contributed by atoms with Gasteiger partial charge in [-0.1, -0.05) is 11.6 Å². The summed E-state index contributed by atoms with van der Waals surface area (Å²) in [4.78, 5) is 81.1. The molecular formula is C45H55ClN10O7. The average molecular weight is 883 g/mol. The van der Waals surface area contributed by atoms with E-state index < -0.39 is 11.9 Å². The van der Waals surface area contributed by atoms with Gasteiger partial charge in [0.2, 0.25) is 17.8 Å². The van der Waals surface area contributed by atoms with Crippen molar-refractivity contribution >= 4 is 69.3 Å². The Morgan fingerprint density at radius 1 is 0.968 bits per heavy atom. The van der Waals surface area contributed by atoms with Crippen LogP contribution in [0.4, 0.5) is 23.1 Å². The van der Waals surface area contributed by atoms with E-state index in [9.17, 15) is 24.0 Å². The summed E-state index contributed by atoms with van der Waals surface area (Å²) in [6, 6.07) is 10.3. The molecule has 18 heteroatoms. The first-order valence-electron chi connectivity index (χ1n) is 21.6. The standard InChI is InChI=1S/C45H55ClN10O7/c1-26(2)56-33-8-7-30(19-27(33)21-37(43(56)61)63-25-39(58)47-5)49-40-32(46)23-48-44(51-40)53-15-17-54(18-16-53)45(3,4)29-11-13-52(14-12-29)35-20-28-24-55(34-9-10-38(57)50-41(34)59)42(60)31(28)22-36(35)62-6/h7-8,19-23,26,29,34H,9-18,24-25H2,1-6H3,(H,47,58)(H,48,49,51)(H,50,57,59). The summed E-state index contributed by atoms with van der Waals surface area (Å²) in [7, 11) is 3.13. The Balaban J connectivity index is 0.896. The van der Waals surface area contributed by atoms with Crippen molar-refractivity contribution in [1.29, 1.82) is 0 Å². The molecule has 4 amide bonds. The summed E-state index contributed by atoms with van der Waals surface area (Å²) < 4.78 is 13.1. The molecule has 0 saturated carbocycles. The number of nitrogens with one attached hydrogen (secondary N) is 3. The Bertz CT molecular complexity index is 2510. The van der Waals surface area contributed by atoms with Crippen molar-refractivity contribution in [2.45, 2.75) is 77.5 Å². The van der Waals surface area contributed by atoms with Crippen molar-refractivity contribution in [2.24, 2.45) is 5.92 Å². The van der Waals surface area contributed by atoms with Gasteiger partial charge in [0, 0.05) is 87.5 Å².